The first kappa shape index (κ1) is 10.7. The Balaban J connectivity index is 1.83. The highest BCUT2D eigenvalue weighted by molar-refractivity contribution is 5.40. The van der Waals surface area contributed by atoms with E-state index in [2.05, 4.69) is 28.4 Å². The third kappa shape index (κ3) is 2.17. The van der Waals surface area contributed by atoms with Crippen LogP contribution in [0.15, 0.2) is 18.3 Å². The van der Waals surface area contributed by atoms with Crippen LogP contribution in [0.25, 0.3) is 5.65 Å². The zero-order valence-corrected chi connectivity index (χ0v) is 10.2. The van der Waals surface area contributed by atoms with E-state index in [0.717, 1.165) is 30.2 Å². The lowest BCUT2D eigenvalue weighted by Crippen LogP contribution is -2.30. The van der Waals surface area contributed by atoms with Gasteiger partial charge in [0.2, 0.25) is 0 Å². The number of rotatable bonds is 2. The van der Waals surface area contributed by atoms with Crippen LogP contribution < -0.4 is 5.32 Å². The highest BCUT2D eigenvalue weighted by Crippen LogP contribution is 2.16. The molecule has 3 rings (SSSR count). The first-order valence-electron chi connectivity index (χ1n) is 6.34. The van der Waals surface area contributed by atoms with Crippen LogP contribution in [0.4, 0.5) is 0 Å². The van der Waals surface area contributed by atoms with Gasteiger partial charge < -0.3 is 5.32 Å². The van der Waals surface area contributed by atoms with Gasteiger partial charge >= 0.3 is 0 Å². The molecule has 0 bridgehead atoms. The van der Waals surface area contributed by atoms with Gasteiger partial charge in [-0.1, -0.05) is 0 Å². The Kier molecular flexibility index (Phi) is 2.81. The van der Waals surface area contributed by atoms with Crippen LogP contribution in [0.2, 0.25) is 0 Å². The minimum absolute atomic E-state index is 0.731. The van der Waals surface area contributed by atoms with Crippen molar-refractivity contribution in [2.24, 2.45) is 5.92 Å². The number of hydrogen-bond acceptors (Lipinski definition) is 3. The monoisotopic (exact) mass is 230 g/mol. The molecule has 4 nitrogen and oxygen atoms in total. The fourth-order valence-electron chi connectivity index (χ4n) is 2.56. The van der Waals surface area contributed by atoms with Crippen LogP contribution in [-0.2, 0) is 6.42 Å². The highest BCUT2D eigenvalue weighted by Gasteiger charge is 2.15. The van der Waals surface area contributed by atoms with E-state index in [1.165, 1.54) is 25.1 Å². The van der Waals surface area contributed by atoms with Crippen molar-refractivity contribution in [1.29, 1.82) is 0 Å². The predicted molar refractivity (Wildman–Crippen MR) is 67.0 cm³/mol. The fourth-order valence-corrected chi connectivity index (χ4v) is 2.56. The van der Waals surface area contributed by atoms with E-state index >= 15 is 0 Å². The smallest absolute Gasteiger partial charge is 0.155 e. The topological polar surface area (TPSA) is 42.2 Å². The maximum Gasteiger partial charge on any atom is 0.155 e. The average molecular weight is 230 g/mol. The number of fused-ring (bicyclic) bond motifs is 1. The second-order valence-electron chi connectivity index (χ2n) is 4.91. The summed E-state index contributed by atoms with van der Waals surface area (Å²) >= 11 is 0. The third-order valence-corrected chi connectivity index (χ3v) is 3.49. The van der Waals surface area contributed by atoms with E-state index in [0.29, 0.717) is 0 Å². The molecule has 2 aromatic rings. The molecular formula is C13H18N4. The van der Waals surface area contributed by atoms with E-state index in [1.54, 1.807) is 0 Å². The lowest BCUT2D eigenvalue weighted by molar-refractivity contribution is 0.373. The van der Waals surface area contributed by atoms with E-state index in [1.807, 2.05) is 16.8 Å². The molecule has 0 spiro atoms. The first-order valence-corrected chi connectivity index (χ1v) is 6.34. The van der Waals surface area contributed by atoms with Gasteiger partial charge in [0.05, 0.1) is 5.69 Å². The molecule has 2 aromatic heterocycles. The SMILES string of the molecule is Cc1ccnc2cc(CC3CCCNC3)nn12. The molecular weight excluding hydrogens is 212 g/mol. The van der Waals surface area contributed by atoms with E-state index < -0.39 is 0 Å². The summed E-state index contributed by atoms with van der Waals surface area (Å²) < 4.78 is 1.94. The fraction of sp³-hybridized carbons (Fsp3) is 0.538. The molecule has 17 heavy (non-hydrogen) atoms. The van der Waals surface area contributed by atoms with E-state index in [9.17, 15) is 0 Å². The summed E-state index contributed by atoms with van der Waals surface area (Å²) in [5.41, 5.74) is 3.27. The van der Waals surface area contributed by atoms with Gasteiger partial charge in [-0.05, 0) is 51.3 Å². The Morgan fingerprint density at radius 2 is 2.47 bits per heavy atom. The Hall–Kier alpha value is -1.42. The molecule has 1 aliphatic heterocycles. The number of piperidine rings is 1. The molecule has 0 aliphatic carbocycles. The standard InChI is InChI=1S/C13H18N4/c1-10-4-6-15-13-8-12(16-17(10)13)7-11-3-2-5-14-9-11/h4,6,8,11,14H,2-3,5,7,9H2,1H3. The van der Waals surface area contributed by atoms with Crippen LogP contribution in [-0.4, -0.2) is 27.7 Å². The van der Waals surface area contributed by atoms with Crippen molar-refractivity contribution < 1.29 is 0 Å². The maximum atomic E-state index is 4.63. The Morgan fingerprint density at radius 3 is 3.24 bits per heavy atom. The molecule has 1 fully saturated rings. The van der Waals surface area contributed by atoms with Crippen LogP contribution in [0.5, 0.6) is 0 Å². The lowest BCUT2D eigenvalue weighted by atomic mass is 9.95. The Labute approximate surface area is 101 Å². The molecule has 0 aromatic carbocycles. The molecule has 1 saturated heterocycles. The van der Waals surface area contributed by atoms with Gasteiger partial charge in [-0.15, -0.1) is 0 Å². The number of aromatic nitrogens is 3. The molecule has 1 unspecified atom stereocenters. The second kappa shape index (κ2) is 4.45. The summed E-state index contributed by atoms with van der Waals surface area (Å²) in [4.78, 5) is 4.34. The normalized spacial score (nSPS) is 20.9. The van der Waals surface area contributed by atoms with Crippen molar-refractivity contribution in [2.75, 3.05) is 13.1 Å². The summed E-state index contributed by atoms with van der Waals surface area (Å²) in [6.07, 6.45) is 5.51. The largest absolute Gasteiger partial charge is 0.316 e. The second-order valence-corrected chi connectivity index (χ2v) is 4.91. The van der Waals surface area contributed by atoms with Gasteiger partial charge in [0.25, 0.3) is 0 Å². The minimum Gasteiger partial charge on any atom is -0.316 e. The van der Waals surface area contributed by atoms with Gasteiger partial charge in [-0.2, -0.15) is 5.10 Å². The molecule has 1 N–H and O–H groups in total. The summed E-state index contributed by atoms with van der Waals surface area (Å²) in [6.45, 7) is 4.36. The predicted octanol–water partition coefficient (Wildman–Crippen LogP) is 1.58. The van der Waals surface area contributed by atoms with Crippen molar-refractivity contribution in [2.45, 2.75) is 26.2 Å². The zero-order chi connectivity index (χ0) is 11.7. The van der Waals surface area contributed by atoms with Gasteiger partial charge in [0, 0.05) is 18.0 Å². The summed E-state index contributed by atoms with van der Waals surface area (Å²) in [5, 5.41) is 8.08. The lowest BCUT2D eigenvalue weighted by Gasteiger charge is -2.21. The molecule has 0 amide bonds. The van der Waals surface area contributed by atoms with Crippen molar-refractivity contribution in [3.63, 3.8) is 0 Å². The molecule has 1 aliphatic rings. The van der Waals surface area contributed by atoms with Gasteiger partial charge in [0.15, 0.2) is 5.65 Å². The van der Waals surface area contributed by atoms with E-state index in [-0.39, 0.29) is 0 Å². The third-order valence-electron chi connectivity index (χ3n) is 3.49. The molecule has 4 heteroatoms. The zero-order valence-electron chi connectivity index (χ0n) is 10.2. The molecule has 0 radical (unpaired) electrons. The van der Waals surface area contributed by atoms with Crippen molar-refractivity contribution in [3.05, 3.63) is 29.7 Å². The summed E-state index contributed by atoms with van der Waals surface area (Å²) in [5.74, 6) is 0.731. The Bertz CT molecular complexity index is 511. The Morgan fingerprint density at radius 1 is 1.53 bits per heavy atom. The summed E-state index contributed by atoms with van der Waals surface area (Å²) in [6, 6.07) is 4.10. The van der Waals surface area contributed by atoms with Crippen molar-refractivity contribution >= 4 is 5.65 Å². The quantitative estimate of drug-likeness (QED) is 0.851. The van der Waals surface area contributed by atoms with Crippen LogP contribution in [0.1, 0.15) is 24.2 Å². The van der Waals surface area contributed by atoms with Gasteiger partial charge in [-0.25, -0.2) is 9.50 Å². The maximum absolute atomic E-state index is 4.63. The summed E-state index contributed by atoms with van der Waals surface area (Å²) in [7, 11) is 0. The minimum atomic E-state index is 0.731. The molecule has 0 saturated carbocycles. The molecule has 3 heterocycles. The van der Waals surface area contributed by atoms with E-state index in [4.69, 9.17) is 0 Å². The number of nitrogens with zero attached hydrogens (tertiary/aromatic N) is 3. The highest BCUT2D eigenvalue weighted by atomic mass is 15.3. The van der Waals surface area contributed by atoms with Gasteiger partial charge in [-0.3, -0.25) is 0 Å². The average Bonchev–Trinajstić information content (AvgIpc) is 2.74. The van der Waals surface area contributed by atoms with Crippen molar-refractivity contribution in [3.8, 4) is 0 Å². The van der Waals surface area contributed by atoms with Crippen LogP contribution in [0.3, 0.4) is 0 Å². The van der Waals surface area contributed by atoms with Crippen LogP contribution in [0, 0.1) is 12.8 Å². The molecule has 1 atom stereocenters. The molecule has 90 valence electrons. The number of hydrogen-bond donors (Lipinski definition) is 1. The van der Waals surface area contributed by atoms with Gasteiger partial charge in [0.1, 0.15) is 0 Å². The first-order chi connectivity index (χ1) is 8.33. The number of aryl methyl sites for hydroxylation is 1. The number of nitrogens with one attached hydrogen (secondary N) is 1. The van der Waals surface area contributed by atoms with Crippen LogP contribution >= 0.6 is 0 Å². The van der Waals surface area contributed by atoms with Crippen molar-refractivity contribution in [1.82, 2.24) is 19.9 Å².